The second kappa shape index (κ2) is 3.44. The van der Waals surface area contributed by atoms with Crippen LogP contribution in [0.1, 0.15) is 5.56 Å². The summed E-state index contributed by atoms with van der Waals surface area (Å²) in [6.45, 7) is 0.785. The lowest BCUT2D eigenvalue weighted by atomic mass is 10.1. The van der Waals surface area contributed by atoms with Gasteiger partial charge in [-0.05, 0) is 29.3 Å². The molecule has 13 heavy (non-hydrogen) atoms. The summed E-state index contributed by atoms with van der Waals surface area (Å²) in [7, 11) is 1.68. The molecule has 0 aliphatic carbocycles. The predicted octanol–water partition coefficient (Wildman–Crippen LogP) is 2.16. The minimum atomic E-state index is 0.785. The van der Waals surface area contributed by atoms with Crippen molar-refractivity contribution in [2.24, 2.45) is 4.99 Å². The SMILES string of the molecule is COc1cccc(C2=CC=NC2)c1. The van der Waals surface area contributed by atoms with Gasteiger partial charge in [0.25, 0.3) is 0 Å². The van der Waals surface area contributed by atoms with E-state index in [4.69, 9.17) is 4.74 Å². The molecule has 1 aliphatic heterocycles. The van der Waals surface area contributed by atoms with Crippen molar-refractivity contribution >= 4 is 11.8 Å². The highest BCUT2D eigenvalue weighted by Gasteiger charge is 2.04. The normalized spacial score (nSPS) is 14.4. The highest BCUT2D eigenvalue weighted by atomic mass is 16.5. The number of hydrogen-bond donors (Lipinski definition) is 0. The first-order valence-electron chi connectivity index (χ1n) is 4.23. The molecule has 2 nitrogen and oxygen atoms in total. The standard InChI is InChI=1S/C11H11NO/c1-13-11-4-2-3-9(7-11)10-5-6-12-8-10/h2-7H,8H2,1H3. The molecule has 1 aromatic carbocycles. The van der Waals surface area contributed by atoms with E-state index in [9.17, 15) is 0 Å². The van der Waals surface area contributed by atoms with Crippen LogP contribution in [0.4, 0.5) is 0 Å². The molecule has 2 rings (SSSR count). The van der Waals surface area contributed by atoms with Crippen LogP contribution in [0.25, 0.3) is 5.57 Å². The van der Waals surface area contributed by atoms with Crippen LogP contribution in [0.5, 0.6) is 5.75 Å². The summed E-state index contributed by atoms with van der Waals surface area (Å²) in [4.78, 5) is 4.14. The summed E-state index contributed by atoms with van der Waals surface area (Å²) < 4.78 is 5.15. The highest BCUT2D eigenvalue weighted by molar-refractivity contribution is 5.89. The number of nitrogens with zero attached hydrogens (tertiary/aromatic N) is 1. The van der Waals surface area contributed by atoms with Gasteiger partial charge in [0.2, 0.25) is 0 Å². The first-order chi connectivity index (χ1) is 6.40. The lowest BCUT2D eigenvalue weighted by molar-refractivity contribution is 0.414. The van der Waals surface area contributed by atoms with Gasteiger partial charge >= 0.3 is 0 Å². The van der Waals surface area contributed by atoms with Crippen LogP contribution < -0.4 is 4.74 Å². The van der Waals surface area contributed by atoms with Gasteiger partial charge in [-0.2, -0.15) is 0 Å². The molecule has 0 aromatic heterocycles. The quantitative estimate of drug-likeness (QED) is 0.671. The molecule has 0 saturated heterocycles. The van der Waals surface area contributed by atoms with Crippen molar-refractivity contribution in [1.29, 1.82) is 0 Å². The van der Waals surface area contributed by atoms with Gasteiger partial charge in [0, 0.05) is 6.21 Å². The Hall–Kier alpha value is -1.57. The first kappa shape index (κ1) is 8.05. The second-order valence-corrected chi connectivity index (χ2v) is 2.91. The summed E-state index contributed by atoms with van der Waals surface area (Å²) in [6, 6.07) is 8.04. The maximum atomic E-state index is 5.15. The molecule has 0 atom stereocenters. The minimum absolute atomic E-state index is 0.785. The van der Waals surface area contributed by atoms with Crippen LogP contribution in [-0.2, 0) is 0 Å². The van der Waals surface area contributed by atoms with Gasteiger partial charge in [0.1, 0.15) is 5.75 Å². The maximum Gasteiger partial charge on any atom is 0.119 e. The largest absolute Gasteiger partial charge is 0.497 e. The summed E-state index contributed by atoms with van der Waals surface area (Å²) in [6.07, 6.45) is 3.88. The van der Waals surface area contributed by atoms with E-state index in [0.29, 0.717) is 0 Å². The van der Waals surface area contributed by atoms with Crippen molar-refractivity contribution in [2.75, 3.05) is 13.7 Å². The molecule has 0 unspecified atom stereocenters. The van der Waals surface area contributed by atoms with Gasteiger partial charge in [0.05, 0.1) is 13.7 Å². The minimum Gasteiger partial charge on any atom is -0.497 e. The molecule has 0 bridgehead atoms. The lowest BCUT2D eigenvalue weighted by Crippen LogP contribution is -1.87. The lowest BCUT2D eigenvalue weighted by Gasteiger charge is -2.03. The average Bonchev–Trinajstić information content (AvgIpc) is 2.71. The van der Waals surface area contributed by atoms with Crippen molar-refractivity contribution < 1.29 is 4.74 Å². The Morgan fingerprint density at radius 2 is 2.31 bits per heavy atom. The molecule has 1 aromatic rings. The van der Waals surface area contributed by atoms with Crippen molar-refractivity contribution in [3.63, 3.8) is 0 Å². The summed E-state index contributed by atoms with van der Waals surface area (Å²) in [5.74, 6) is 0.894. The predicted molar refractivity (Wildman–Crippen MR) is 54.3 cm³/mol. The number of methoxy groups -OCH3 is 1. The topological polar surface area (TPSA) is 21.6 Å². The zero-order chi connectivity index (χ0) is 9.10. The Kier molecular flexibility index (Phi) is 2.13. The molecule has 1 aliphatic rings. The molecule has 0 saturated carbocycles. The average molecular weight is 173 g/mol. The number of allylic oxidation sites excluding steroid dienone is 1. The Bertz CT molecular complexity index is 366. The van der Waals surface area contributed by atoms with E-state index in [1.54, 1.807) is 7.11 Å². The molecular weight excluding hydrogens is 162 g/mol. The van der Waals surface area contributed by atoms with Crippen LogP contribution in [0.2, 0.25) is 0 Å². The van der Waals surface area contributed by atoms with E-state index in [2.05, 4.69) is 11.1 Å². The number of aliphatic imine (C=N–C) groups is 1. The van der Waals surface area contributed by atoms with Crippen LogP contribution in [0, 0.1) is 0 Å². The number of ether oxygens (including phenoxy) is 1. The first-order valence-corrected chi connectivity index (χ1v) is 4.23. The summed E-state index contributed by atoms with van der Waals surface area (Å²) in [5.41, 5.74) is 2.44. The Morgan fingerprint density at radius 1 is 1.38 bits per heavy atom. The van der Waals surface area contributed by atoms with Gasteiger partial charge in [-0.3, -0.25) is 4.99 Å². The van der Waals surface area contributed by atoms with Gasteiger partial charge in [0.15, 0.2) is 0 Å². The van der Waals surface area contributed by atoms with Crippen molar-refractivity contribution in [1.82, 2.24) is 0 Å². The van der Waals surface area contributed by atoms with E-state index in [1.165, 1.54) is 11.1 Å². The molecule has 0 fully saturated rings. The molecule has 2 heteroatoms. The highest BCUT2D eigenvalue weighted by Crippen LogP contribution is 2.21. The fourth-order valence-corrected chi connectivity index (χ4v) is 1.36. The molecule has 0 amide bonds. The molecular formula is C11H11NO. The summed E-state index contributed by atoms with van der Waals surface area (Å²) >= 11 is 0. The smallest absolute Gasteiger partial charge is 0.119 e. The zero-order valence-electron chi connectivity index (χ0n) is 7.53. The third kappa shape index (κ3) is 1.61. The van der Waals surface area contributed by atoms with Gasteiger partial charge in [-0.1, -0.05) is 12.1 Å². The van der Waals surface area contributed by atoms with Crippen molar-refractivity contribution in [3.05, 3.63) is 35.9 Å². The van der Waals surface area contributed by atoms with Crippen LogP contribution in [0.15, 0.2) is 35.3 Å². The number of hydrogen-bond acceptors (Lipinski definition) is 2. The van der Waals surface area contributed by atoms with Crippen LogP contribution >= 0.6 is 0 Å². The molecule has 1 heterocycles. The van der Waals surface area contributed by atoms with Crippen molar-refractivity contribution in [3.8, 4) is 5.75 Å². The third-order valence-corrected chi connectivity index (χ3v) is 2.08. The second-order valence-electron chi connectivity index (χ2n) is 2.91. The Labute approximate surface area is 77.6 Å². The van der Waals surface area contributed by atoms with Crippen LogP contribution in [-0.4, -0.2) is 19.9 Å². The van der Waals surface area contributed by atoms with Crippen LogP contribution in [0.3, 0.4) is 0 Å². The monoisotopic (exact) mass is 173 g/mol. The fraction of sp³-hybridized carbons (Fsp3) is 0.182. The van der Waals surface area contributed by atoms with Gasteiger partial charge < -0.3 is 4.74 Å². The van der Waals surface area contributed by atoms with E-state index in [0.717, 1.165) is 12.3 Å². The Morgan fingerprint density at radius 3 is 3.00 bits per heavy atom. The fourth-order valence-electron chi connectivity index (χ4n) is 1.36. The summed E-state index contributed by atoms with van der Waals surface area (Å²) in [5, 5.41) is 0. The van der Waals surface area contributed by atoms with E-state index in [1.807, 2.05) is 30.5 Å². The van der Waals surface area contributed by atoms with E-state index >= 15 is 0 Å². The van der Waals surface area contributed by atoms with E-state index in [-0.39, 0.29) is 0 Å². The molecule has 66 valence electrons. The molecule has 0 spiro atoms. The number of rotatable bonds is 2. The van der Waals surface area contributed by atoms with Gasteiger partial charge in [-0.15, -0.1) is 0 Å². The maximum absolute atomic E-state index is 5.15. The third-order valence-electron chi connectivity index (χ3n) is 2.08. The number of benzene rings is 1. The van der Waals surface area contributed by atoms with Gasteiger partial charge in [-0.25, -0.2) is 0 Å². The van der Waals surface area contributed by atoms with Crippen molar-refractivity contribution in [2.45, 2.75) is 0 Å². The molecule has 0 radical (unpaired) electrons. The zero-order valence-corrected chi connectivity index (χ0v) is 7.53. The Balaban J connectivity index is 2.30. The molecule has 0 N–H and O–H groups in total. The van der Waals surface area contributed by atoms with E-state index < -0.39 is 0 Å².